The van der Waals surface area contributed by atoms with Crippen molar-refractivity contribution in [2.75, 3.05) is 18.0 Å². The summed E-state index contributed by atoms with van der Waals surface area (Å²) in [6.45, 7) is 8.50. The molecule has 2 atom stereocenters. The molecule has 0 aromatic heterocycles. The van der Waals surface area contributed by atoms with E-state index in [-0.39, 0.29) is 17.6 Å². The zero-order chi connectivity index (χ0) is 25.2. The number of rotatable bonds is 4. The summed E-state index contributed by atoms with van der Waals surface area (Å²) in [5.41, 5.74) is 4.45. The van der Waals surface area contributed by atoms with Gasteiger partial charge in [0.25, 0.3) is 11.8 Å². The van der Waals surface area contributed by atoms with Crippen LogP contribution in [0.4, 0.5) is 5.69 Å². The highest BCUT2D eigenvalue weighted by atomic mass is 16.5. The fourth-order valence-electron chi connectivity index (χ4n) is 5.30. The molecule has 0 aliphatic carbocycles. The van der Waals surface area contributed by atoms with Crippen molar-refractivity contribution in [3.63, 3.8) is 0 Å². The highest BCUT2D eigenvalue weighted by Crippen LogP contribution is 2.36. The Morgan fingerprint density at radius 1 is 0.972 bits per heavy atom. The molecule has 0 saturated carbocycles. The van der Waals surface area contributed by atoms with E-state index in [0.717, 1.165) is 41.9 Å². The molecule has 0 unspecified atom stereocenters. The number of anilines is 1. The van der Waals surface area contributed by atoms with Gasteiger partial charge >= 0.3 is 0 Å². The zero-order valence-electron chi connectivity index (χ0n) is 21.1. The lowest BCUT2D eigenvalue weighted by atomic mass is 9.91. The molecule has 2 aliphatic rings. The van der Waals surface area contributed by atoms with E-state index in [9.17, 15) is 9.59 Å². The number of hydrogen-bond donors (Lipinski definition) is 0. The minimum absolute atomic E-state index is 0.0656. The second-order valence-electron chi connectivity index (χ2n) is 10.2. The van der Waals surface area contributed by atoms with E-state index in [4.69, 9.17) is 4.74 Å². The number of amides is 2. The fraction of sp³-hybridized carbons (Fsp3) is 0.290. The summed E-state index contributed by atoms with van der Waals surface area (Å²) in [5, 5.41) is 0. The number of carbonyl (C=O) groups excluding carboxylic acids is 2. The molecule has 0 spiro atoms. The second kappa shape index (κ2) is 10.0. The van der Waals surface area contributed by atoms with Gasteiger partial charge in [0, 0.05) is 18.7 Å². The van der Waals surface area contributed by atoms with Crippen LogP contribution < -0.4 is 9.64 Å². The quantitative estimate of drug-likeness (QED) is 0.425. The predicted octanol–water partition coefficient (Wildman–Crippen LogP) is 6.08. The molecule has 0 bridgehead atoms. The number of aryl methyl sites for hydroxylation is 1. The Morgan fingerprint density at radius 2 is 1.69 bits per heavy atom. The van der Waals surface area contributed by atoms with Gasteiger partial charge in [-0.05, 0) is 66.6 Å². The first kappa shape index (κ1) is 23.9. The van der Waals surface area contributed by atoms with Crippen LogP contribution in [0, 0.1) is 18.8 Å². The number of likely N-dealkylation sites (tertiary alicyclic amines) is 1. The van der Waals surface area contributed by atoms with Gasteiger partial charge in [-0.25, -0.2) is 0 Å². The van der Waals surface area contributed by atoms with Gasteiger partial charge in [-0.3, -0.25) is 14.5 Å². The van der Waals surface area contributed by atoms with Crippen LogP contribution in [0.25, 0.3) is 6.08 Å². The molecule has 5 heteroatoms. The van der Waals surface area contributed by atoms with Crippen LogP contribution in [-0.2, 0) is 11.3 Å². The number of carbonyl (C=O) groups is 2. The molecule has 0 radical (unpaired) electrons. The van der Waals surface area contributed by atoms with Crippen molar-refractivity contribution in [2.45, 2.75) is 33.7 Å². The molecular formula is C31H32N2O3. The summed E-state index contributed by atoms with van der Waals surface area (Å²) in [6.07, 6.45) is 2.91. The third-order valence-electron chi connectivity index (χ3n) is 6.87. The smallest absolute Gasteiger partial charge is 0.294 e. The number of benzene rings is 3. The zero-order valence-corrected chi connectivity index (χ0v) is 21.1. The second-order valence-corrected chi connectivity index (χ2v) is 10.2. The number of ether oxygens (including phenoxy) is 1. The summed E-state index contributed by atoms with van der Waals surface area (Å²) in [6, 6.07) is 23.2. The van der Waals surface area contributed by atoms with Crippen LogP contribution in [0.3, 0.4) is 0 Å². The Hall–Kier alpha value is -3.86. The van der Waals surface area contributed by atoms with Gasteiger partial charge < -0.3 is 9.64 Å². The third-order valence-corrected chi connectivity index (χ3v) is 6.87. The van der Waals surface area contributed by atoms with Crippen LogP contribution in [0.5, 0.6) is 5.75 Å². The summed E-state index contributed by atoms with van der Waals surface area (Å²) >= 11 is 0. The molecule has 0 N–H and O–H groups in total. The number of nitrogens with zero attached hydrogens (tertiary/aromatic N) is 2. The van der Waals surface area contributed by atoms with Crippen molar-refractivity contribution < 1.29 is 14.3 Å². The normalized spacial score (nSPS) is 20.8. The highest BCUT2D eigenvalue weighted by molar-refractivity contribution is 6.09. The number of fused-ring (bicyclic) bond motifs is 1. The Bertz CT molecular complexity index is 1300. The SMILES string of the molecule is Cc1cccc(CN2C(=O)/C(=C\c3ccc(C(=O)N4C[C@H](C)C[C@@H](C)C4)cc3)Oc3ccccc32)c1. The summed E-state index contributed by atoms with van der Waals surface area (Å²) in [7, 11) is 0. The molecule has 1 saturated heterocycles. The molecule has 36 heavy (non-hydrogen) atoms. The Labute approximate surface area is 213 Å². The van der Waals surface area contributed by atoms with Gasteiger partial charge in [0.2, 0.25) is 0 Å². The first-order valence-corrected chi connectivity index (χ1v) is 12.6. The fourth-order valence-corrected chi connectivity index (χ4v) is 5.30. The monoisotopic (exact) mass is 480 g/mol. The number of hydrogen-bond acceptors (Lipinski definition) is 3. The van der Waals surface area contributed by atoms with Crippen molar-refractivity contribution >= 4 is 23.6 Å². The van der Waals surface area contributed by atoms with E-state index in [1.807, 2.05) is 78.6 Å². The van der Waals surface area contributed by atoms with Crippen LogP contribution >= 0.6 is 0 Å². The lowest BCUT2D eigenvalue weighted by Crippen LogP contribution is -2.42. The number of para-hydroxylation sites is 2. The van der Waals surface area contributed by atoms with Crippen molar-refractivity contribution in [3.05, 3.63) is 101 Å². The van der Waals surface area contributed by atoms with E-state index in [1.165, 1.54) is 0 Å². The molecule has 1 fully saturated rings. The van der Waals surface area contributed by atoms with E-state index >= 15 is 0 Å². The minimum Gasteiger partial charge on any atom is -0.449 e. The first-order chi connectivity index (χ1) is 17.4. The third kappa shape index (κ3) is 5.06. The predicted molar refractivity (Wildman–Crippen MR) is 143 cm³/mol. The van der Waals surface area contributed by atoms with Crippen molar-refractivity contribution in [1.82, 2.24) is 4.90 Å². The van der Waals surface area contributed by atoms with Gasteiger partial charge in [0.15, 0.2) is 11.5 Å². The molecule has 184 valence electrons. The molecule has 2 heterocycles. The molecular weight excluding hydrogens is 448 g/mol. The molecule has 2 amide bonds. The van der Waals surface area contributed by atoms with E-state index in [0.29, 0.717) is 29.7 Å². The van der Waals surface area contributed by atoms with Crippen molar-refractivity contribution in [2.24, 2.45) is 11.8 Å². The standard InChI is InChI=1S/C31H32N2O3/c1-21-7-6-8-25(16-21)20-33-27-9-4-5-10-28(27)36-29(31(33)35)17-24-11-13-26(14-12-24)30(34)32-18-22(2)15-23(3)19-32/h4-14,16-17,22-23H,15,18-20H2,1-3H3/b29-17+/t22-,23-/m1/s1. The Morgan fingerprint density at radius 3 is 2.42 bits per heavy atom. The molecule has 5 rings (SSSR count). The van der Waals surface area contributed by atoms with E-state index in [2.05, 4.69) is 19.9 Å². The van der Waals surface area contributed by atoms with Crippen LogP contribution in [-0.4, -0.2) is 29.8 Å². The Balaban J connectivity index is 1.38. The molecule has 2 aliphatic heterocycles. The highest BCUT2D eigenvalue weighted by Gasteiger charge is 2.30. The molecule has 3 aromatic rings. The molecule has 5 nitrogen and oxygen atoms in total. The Kier molecular flexibility index (Phi) is 6.64. The minimum atomic E-state index is -0.188. The summed E-state index contributed by atoms with van der Waals surface area (Å²) in [4.78, 5) is 30.3. The topological polar surface area (TPSA) is 49.9 Å². The first-order valence-electron chi connectivity index (χ1n) is 12.6. The maximum Gasteiger partial charge on any atom is 0.294 e. The molecule has 3 aromatic carbocycles. The average Bonchev–Trinajstić information content (AvgIpc) is 2.86. The van der Waals surface area contributed by atoms with Crippen molar-refractivity contribution in [1.29, 1.82) is 0 Å². The summed E-state index contributed by atoms with van der Waals surface area (Å²) in [5.74, 6) is 1.82. The van der Waals surface area contributed by atoms with E-state index in [1.54, 1.807) is 11.0 Å². The lowest BCUT2D eigenvalue weighted by Gasteiger charge is -2.35. The van der Waals surface area contributed by atoms with Gasteiger partial charge in [-0.2, -0.15) is 0 Å². The van der Waals surface area contributed by atoms with E-state index < -0.39 is 0 Å². The average molecular weight is 481 g/mol. The van der Waals surface area contributed by atoms with Gasteiger partial charge in [0.05, 0.1) is 12.2 Å². The van der Waals surface area contributed by atoms with Crippen LogP contribution in [0.15, 0.2) is 78.6 Å². The lowest BCUT2D eigenvalue weighted by molar-refractivity contribution is -0.117. The van der Waals surface area contributed by atoms with Gasteiger partial charge in [-0.15, -0.1) is 0 Å². The summed E-state index contributed by atoms with van der Waals surface area (Å²) < 4.78 is 6.03. The maximum atomic E-state index is 13.5. The van der Waals surface area contributed by atoms with Gasteiger partial charge in [-0.1, -0.05) is 67.9 Å². The maximum absolute atomic E-state index is 13.5. The van der Waals surface area contributed by atoms with Crippen LogP contribution in [0.1, 0.15) is 47.3 Å². The number of piperidine rings is 1. The van der Waals surface area contributed by atoms with Crippen LogP contribution in [0.2, 0.25) is 0 Å². The largest absolute Gasteiger partial charge is 0.449 e. The van der Waals surface area contributed by atoms with Gasteiger partial charge in [0.1, 0.15) is 0 Å². The van der Waals surface area contributed by atoms with Crippen molar-refractivity contribution in [3.8, 4) is 5.75 Å².